The van der Waals surface area contributed by atoms with Crippen LogP contribution in [0.4, 0.5) is 0 Å². The Morgan fingerprint density at radius 3 is 2.45 bits per heavy atom. The number of allylic oxidation sites excluding steroid dienone is 1. The smallest absolute Gasteiger partial charge is 0.232 e. The van der Waals surface area contributed by atoms with Crippen LogP contribution in [0.3, 0.4) is 0 Å². The highest BCUT2D eigenvalue weighted by atomic mass is 16.7. The van der Waals surface area contributed by atoms with E-state index < -0.39 is 43.1 Å². The molecule has 1 saturated heterocycles. The van der Waals surface area contributed by atoms with Gasteiger partial charge in [0.2, 0.25) is 17.8 Å². The third-order valence-corrected chi connectivity index (χ3v) is 5.35. The van der Waals surface area contributed by atoms with Gasteiger partial charge in [-0.25, -0.2) is 0 Å². The molecule has 176 valence electrons. The number of aromatic hydroxyl groups is 2. The maximum absolute atomic E-state index is 12.8. The maximum atomic E-state index is 12.8. The summed E-state index contributed by atoms with van der Waals surface area (Å²) in [6.07, 6.45) is -6.06. The van der Waals surface area contributed by atoms with Crippen LogP contribution in [0.15, 0.2) is 36.1 Å². The van der Waals surface area contributed by atoms with E-state index in [-0.39, 0.29) is 40.1 Å². The monoisotopic (exact) mass is 462 g/mol. The Bertz CT molecular complexity index is 1090. The third-order valence-electron chi connectivity index (χ3n) is 5.35. The standard InChI is InChI=1S/C22H22O11/c1-30-21-13(32-22-19(29)18(28)17(27)15(8-23)33-22)5-3-10-16(26)14(31-20(10)21)7-9-2-4-11(24)12(25)6-9/h2-7,15,17-19,22-25,27-29H,8H2,1H3. The summed E-state index contributed by atoms with van der Waals surface area (Å²) in [6.45, 7) is -0.620. The van der Waals surface area contributed by atoms with Crippen LogP contribution >= 0.6 is 0 Å². The molecule has 5 unspecified atom stereocenters. The maximum Gasteiger partial charge on any atom is 0.232 e. The molecule has 0 aliphatic carbocycles. The predicted octanol–water partition coefficient (Wildman–Crippen LogP) is -0.0987. The lowest BCUT2D eigenvalue weighted by Crippen LogP contribution is -2.60. The summed E-state index contributed by atoms with van der Waals surface area (Å²) in [5.41, 5.74) is 0.570. The van der Waals surface area contributed by atoms with Crippen molar-refractivity contribution in [2.24, 2.45) is 0 Å². The van der Waals surface area contributed by atoms with E-state index in [0.717, 1.165) is 0 Å². The highest BCUT2D eigenvalue weighted by Gasteiger charge is 2.45. The van der Waals surface area contributed by atoms with Gasteiger partial charge in [-0.1, -0.05) is 6.07 Å². The Morgan fingerprint density at radius 2 is 1.79 bits per heavy atom. The Morgan fingerprint density at radius 1 is 1.03 bits per heavy atom. The molecule has 0 saturated carbocycles. The highest BCUT2D eigenvalue weighted by Crippen LogP contribution is 2.46. The number of methoxy groups -OCH3 is 1. The summed E-state index contributed by atoms with van der Waals surface area (Å²) in [6, 6.07) is 6.80. The van der Waals surface area contributed by atoms with Gasteiger partial charge in [0.25, 0.3) is 0 Å². The summed E-state index contributed by atoms with van der Waals surface area (Å²) in [5.74, 6) is -1.14. The number of carbonyl (C=O) groups is 1. The normalized spacial score (nSPS) is 27.8. The van der Waals surface area contributed by atoms with Gasteiger partial charge in [-0.05, 0) is 35.9 Å². The van der Waals surface area contributed by atoms with Gasteiger partial charge in [-0.3, -0.25) is 4.79 Å². The van der Waals surface area contributed by atoms with E-state index >= 15 is 0 Å². The Kier molecular flexibility index (Phi) is 6.15. The molecule has 1 fully saturated rings. The molecule has 0 radical (unpaired) electrons. The first-order chi connectivity index (χ1) is 15.7. The van der Waals surface area contributed by atoms with Gasteiger partial charge in [-0.15, -0.1) is 0 Å². The van der Waals surface area contributed by atoms with Crippen LogP contribution in [0, 0.1) is 0 Å². The van der Waals surface area contributed by atoms with Gasteiger partial charge in [-0.2, -0.15) is 0 Å². The zero-order chi connectivity index (χ0) is 23.9. The number of fused-ring (bicyclic) bond motifs is 1. The molecule has 33 heavy (non-hydrogen) atoms. The van der Waals surface area contributed by atoms with Crippen LogP contribution < -0.4 is 14.2 Å². The minimum Gasteiger partial charge on any atom is -0.504 e. The number of hydrogen-bond acceptors (Lipinski definition) is 11. The molecule has 0 spiro atoms. The lowest BCUT2D eigenvalue weighted by atomic mass is 9.99. The number of aliphatic hydroxyl groups excluding tert-OH is 4. The summed E-state index contributed by atoms with van der Waals surface area (Å²) in [5, 5.41) is 58.5. The molecule has 0 amide bonds. The van der Waals surface area contributed by atoms with Gasteiger partial charge >= 0.3 is 0 Å². The van der Waals surface area contributed by atoms with Crippen molar-refractivity contribution in [1.82, 2.24) is 0 Å². The Labute approximate surface area is 187 Å². The van der Waals surface area contributed by atoms with E-state index in [9.17, 15) is 35.4 Å². The number of aliphatic hydroxyl groups is 4. The van der Waals surface area contributed by atoms with Crippen LogP contribution in [0.2, 0.25) is 0 Å². The van der Waals surface area contributed by atoms with Crippen LogP contribution in [0.5, 0.6) is 28.7 Å². The molecule has 11 nitrogen and oxygen atoms in total. The number of ketones is 1. The Hall–Kier alpha value is -3.35. The van der Waals surface area contributed by atoms with Crippen molar-refractivity contribution in [3.05, 3.63) is 47.2 Å². The molecule has 0 aromatic heterocycles. The molecule has 2 heterocycles. The minimum atomic E-state index is -1.64. The lowest BCUT2D eigenvalue weighted by molar-refractivity contribution is -0.277. The first kappa shape index (κ1) is 22.8. The van der Waals surface area contributed by atoms with Gasteiger partial charge in [0.1, 0.15) is 24.4 Å². The van der Waals surface area contributed by atoms with Crippen LogP contribution in [-0.4, -0.2) is 80.8 Å². The van der Waals surface area contributed by atoms with Crippen molar-refractivity contribution in [3.8, 4) is 28.7 Å². The van der Waals surface area contributed by atoms with Gasteiger partial charge < -0.3 is 49.6 Å². The number of rotatable bonds is 5. The number of benzene rings is 2. The van der Waals surface area contributed by atoms with Crippen molar-refractivity contribution in [2.75, 3.05) is 13.7 Å². The molecule has 6 N–H and O–H groups in total. The number of ether oxygens (including phenoxy) is 4. The summed E-state index contributed by atoms with van der Waals surface area (Å²) in [7, 11) is 1.31. The first-order valence-corrected chi connectivity index (χ1v) is 9.89. The van der Waals surface area contributed by atoms with Gasteiger partial charge in [0.15, 0.2) is 28.8 Å². The van der Waals surface area contributed by atoms with Gasteiger partial charge in [0, 0.05) is 0 Å². The van der Waals surface area contributed by atoms with Crippen molar-refractivity contribution in [2.45, 2.75) is 30.7 Å². The summed E-state index contributed by atoms with van der Waals surface area (Å²) >= 11 is 0. The van der Waals surface area contributed by atoms with Crippen LogP contribution in [0.25, 0.3) is 6.08 Å². The topological polar surface area (TPSA) is 175 Å². The summed E-state index contributed by atoms with van der Waals surface area (Å²) in [4.78, 5) is 12.8. The molecular formula is C22H22O11. The molecule has 5 atom stereocenters. The van der Waals surface area contributed by atoms with Crippen LogP contribution in [0.1, 0.15) is 15.9 Å². The number of carbonyl (C=O) groups excluding carboxylic acids is 1. The number of phenols is 2. The average Bonchev–Trinajstić information content (AvgIpc) is 3.11. The van der Waals surface area contributed by atoms with E-state index in [4.69, 9.17) is 18.9 Å². The third kappa shape index (κ3) is 4.08. The predicted molar refractivity (Wildman–Crippen MR) is 110 cm³/mol. The van der Waals surface area contributed by atoms with Crippen molar-refractivity contribution >= 4 is 11.9 Å². The van der Waals surface area contributed by atoms with Crippen molar-refractivity contribution < 1.29 is 54.4 Å². The number of hydrogen-bond donors (Lipinski definition) is 6. The van der Waals surface area contributed by atoms with Crippen molar-refractivity contribution in [3.63, 3.8) is 0 Å². The second kappa shape index (κ2) is 8.89. The number of Topliss-reactive ketones (excluding diaryl/α,β-unsaturated/α-hetero) is 1. The molecule has 0 bridgehead atoms. The molecule has 2 aliphatic rings. The zero-order valence-electron chi connectivity index (χ0n) is 17.3. The van der Waals surface area contributed by atoms with E-state index in [1.165, 1.54) is 43.5 Å². The van der Waals surface area contributed by atoms with Gasteiger partial charge in [0.05, 0.1) is 19.3 Å². The van der Waals surface area contributed by atoms with E-state index in [1.807, 2.05) is 0 Å². The fraction of sp³-hybridized carbons (Fsp3) is 0.318. The van der Waals surface area contributed by atoms with E-state index in [0.29, 0.717) is 5.56 Å². The van der Waals surface area contributed by atoms with Crippen LogP contribution in [-0.2, 0) is 4.74 Å². The van der Waals surface area contributed by atoms with E-state index in [1.54, 1.807) is 0 Å². The SMILES string of the molecule is COc1c(OC2OC(CO)C(O)C(O)C2O)ccc2c1OC(=Cc1ccc(O)c(O)c1)C2=O. The molecule has 2 aliphatic heterocycles. The summed E-state index contributed by atoms with van der Waals surface area (Å²) < 4.78 is 22.0. The zero-order valence-corrected chi connectivity index (χ0v) is 17.3. The Balaban J connectivity index is 1.62. The quantitative estimate of drug-likeness (QED) is 0.258. The number of phenolic OH excluding ortho intramolecular Hbond substituents is 2. The largest absolute Gasteiger partial charge is 0.504 e. The molecule has 2 aromatic rings. The highest BCUT2D eigenvalue weighted by molar-refractivity contribution is 6.15. The minimum absolute atomic E-state index is 0.00904. The molecule has 2 aromatic carbocycles. The van der Waals surface area contributed by atoms with E-state index in [2.05, 4.69) is 0 Å². The van der Waals surface area contributed by atoms with Crippen molar-refractivity contribution in [1.29, 1.82) is 0 Å². The second-order valence-electron chi connectivity index (χ2n) is 7.48. The fourth-order valence-corrected chi connectivity index (χ4v) is 3.57. The molecular weight excluding hydrogens is 440 g/mol. The second-order valence-corrected chi connectivity index (χ2v) is 7.48. The first-order valence-electron chi connectivity index (χ1n) is 9.89. The fourth-order valence-electron chi connectivity index (χ4n) is 3.57. The average molecular weight is 462 g/mol. The molecule has 11 heteroatoms. The lowest BCUT2D eigenvalue weighted by Gasteiger charge is -2.39. The molecule has 4 rings (SSSR count).